The van der Waals surface area contributed by atoms with E-state index in [-0.39, 0.29) is 43.1 Å². The number of rotatable bonds is 8. The second-order valence-corrected chi connectivity index (χ2v) is 10.4. The predicted octanol–water partition coefficient (Wildman–Crippen LogP) is 2.45. The van der Waals surface area contributed by atoms with Gasteiger partial charge in [0.25, 0.3) is 0 Å². The normalized spacial score (nSPS) is 42.6. The average Bonchev–Trinajstić information content (AvgIpc) is 2.98. The summed E-state index contributed by atoms with van der Waals surface area (Å²) in [6.45, 7) is 6.23. The van der Waals surface area contributed by atoms with Gasteiger partial charge in [-0.1, -0.05) is 13.8 Å². The number of carbonyl (C=O) groups is 3. The first-order valence-corrected chi connectivity index (χ1v) is 12.0. The Bertz CT molecular complexity index is 790. The summed E-state index contributed by atoms with van der Waals surface area (Å²) in [4.78, 5) is 46.5. The van der Waals surface area contributed by atoms with Crippen LogP contribution < -0.4 is 5.32 Å². The van der Waals surface area contributed by atoms with Crippen molar-refractivity contribution in [2.45, 2.75) is 102 Å². The molecule has 5 fully saturated rings. The number of amides is 1. The van der Waals surface area contributed by atoms with Gasteiger partial charge in [-0.25, -0.2) is 14.6 Å². The lowest BCUT2D eigenvalue weighted by atomic mass is 9.57. The zero-order valence-electron chi connectivity index (χ0n) is 19.5. The molecule has 1 spiro atoms. The third-order valence-corrected chi connectivity index (χ3v) is 8.23. The van der Waals surface area contributed by atoms with E-state index in [1.165, 1.54) is 0 Å². The molecule has 2 bridgehead atoms. The van der Waals surface area contributed by atoms with E-state index in [1.54, 1.807) is 0 Å². The van der Waals surface area contributed by atoms with Crippen molar-refractivity contribution in [2.75, 3.05) is 0 Å². The smallest absolute Gasteiger partial charge is 0.326 e. The van der Waals surface area contributed by atoms with Gasteiger partial charge in [-0.2, -0.15) is 0 Å². The zero-order chi connectivity index (χ0) is 24.0. The third-order valence-electron chi connectivity index (χ3n) is 8.23. The van der Waals surface area contributed by atoms with Gasteiger partial charge in [-0.3, -0.25) is 9.59 Å². The molecule has 4 saturated heterocycles. The lowest BCUT2D eigenvalue weighted by Gasteiger charge is -2.60. The fraction of sp³-hybridized carbons (Fsp3) is 0.870. The van der Waals surface area contributed by atoms with Gasteiger partial charge in [-0.15, -0.1) is 0 Å². The van der Waals surface area contributed by atoms with Crippen LogP contribution in [0.2, 0.25) is 0 Å². The molecule has 33 heavy (non-hydrogen) atoms. The highest BCUT2D eigenvalue weighted by atomic mass is 17.3. The fourth-order valence-electron chi connectivity index (χ4n) is 6.37. The number of carboxylic acids is 2. The molecule has 1 saturated carbocycles. The van der Waals surface area contributed by atoms with Crippen molar-refractivity contribution < 1.29 is 43.8 Å². The number of ether oxygens (including phenoxy) is 2. The molecule has 186 valence electrons. The van der Waals surface area contributed by atoms with Crippen LogP contribution in [0.3, 0.4) is 0 Å². The van der Waals surface area contributed by atoms with Crippen LogP contribution >= 0.6 is 0 Å². The minimum Gasteiger partial charge on any atom is -0.481 e. The first-order chi connectivity index (χ1) is 15.6. The summed E-state index contributed by atoms with van der Waals surface area (Å²) in [6.07, 6.45) is 2.88. The van der Waals surface area contributed by atoms with Gasteiger partial charge >= 0.3 is 11.9 Å². The molecule has 1 aliphatic carbocycles. The molecule has 0 aromatic rings. The first kappa shape index (κ1) is 24.4. The van der Waals surface area contributed by atoms with Crippen LogP contribution in [-0.2, 0) is 33.6 Å². The molecule has 10 heteroatoms. The molecule has 0 radical (unpaired) electrons. The molecule has 4 heterocycles. The fourth-order valence-corrected chi connectivity index (χ4v) is 6.37. The molecule has 1 amide bonds. The van der Waals surface area contributed by atoms with Crippen molar-refractivity contribution in [1.29, 1.82) is 0 Å². The van der Waals surface area contributed by atoms with Crippen molar-refractivity contribution in [2.24, 2.45) is 23.7 Å². The number of nitrogens with one attached hydrogen (secondary N) is 1. The summed E-state index contributed by atoms with van der Waals surface area (Å²) in [6, 6.07) is -1.23. The van der Waals surface area contributed by atoms with E-state index < -0.39 is 41.6 Å². The van der Waals surface area contributed by atoms with E-state index in [1.807, 2.05) is 6.92 Å². The molecule has 10 nitrogen and oxygen atoms in total. The standard InChI is InChI=1S/C23H35NO9/c1-12-4-5-15-13(2)17(7-8-18(25)24-16(20(28)29)6-9-19(26)27)30-21-23(15)14(12)10-11-22(3,31-21)32-33-23/h12-17,21H,4-11H2,1-3H3,(H,24,25)(H,26,27)(H,28,29)/t12-,13-,14+,15+,16?,17-,21-,22?,23-/m1/s1. The van der Waals surface area contributed by atoms with Crippen LogP contribution in [0.5, 0.6) is 0 Å². The molecular weight excluding hydrogens is 434 g/mol. The molecule has 0 aromatic carbocycles. The topological polar surface area (TPSA) is 141 Å². The predicted molar refractivity (Wildman–Crippen MR) is 112 cm³/mol. The number of fused-ring (bicyclic) bond motifs is 2. The molecule has 4 aliphatic heterocycles. The summed E-state index contributed by atoms with van der Waals surface area (Å²) in [5.74, 6) is -2.66. The van der Waals surface area contributed by atoms with E-state index in [0.29, 0.717) is 12.3 Å². The van der Waals surface area contributed by atoms with Gasteiger partial charge in [0, 0.05) is 25.2 Å². The van der Waals surface area contributed by atoms with Crippen molar-refractivity contribution >= 4 is 17.8 Å². The van der Waals surface area contributed by atoms with Gasteiger partial charge in [0.2, 0.25) is 11.7 Å². The number of hydrogen-bond acceptors (Lipinski definition) is 7. The summed E-state index contributed by atoms with van der Waals surface area (Å²) in [7, 11) is 0. The van der Waals surface area contributed by atoms with E-state index in [2.05, 4.69) is 19.2 Å². The van der Waals surface area contributed by atoms with Crippen molar-refractivity contribution in [3.63, 3.8) is 0 Å². The highest BCUT2D eigenvalue weighted by Gasteiger charge is 2.69. The Labute approximate surface area is 193 Å². The van der Waals surface area contributed by atoms with E-state index >= 15 is 0 Å². The summed E-state index contributed by atoms with van der Waals surface area (Å²) >= 11 is 0. The molecular formula is C23H35NO9. The highest BCUT2D eigenvalue weighted by molar-refractivity contribution is 5.83. The van der Waals surface area contributed by atoms with Gasteiger partial charge < -0.3 is 25.0 Å². The summed E-state index contributed by atoms with van der Waals surface area (Å²) in [5, 5.41) is 20.5. The number of carboxylic acid groups (broad SMARTS) is 2. The molecule has 2 unspecified atom stereocenters. The maximum Gasteiger partial charge on any atom is 0.326 e. The largest absolute Gasteiger partial charge is 0.481 e. The van der Waals surface area contributed by atoms with Crippen LogP contribution in [0.4, 0.5) is 0 Å². The maximum absolute atomic E-state index is 12.5. The SMILES string of the molecule is C[C@H]1[C@@H](CCC(=O)NC(CCC(=O)O)C(=O)O)O[C@@H]2OC3(C)CC[C@H]4[C@H](C)CC[C@@H]1[C@@]24OO3. The lowest BCUT2D eigenvalue weighted by molar-refractivity contribution is -0.571. The van der Waals surface area contributed by atoms with Gasteiger partial charge in [-0.05, 0) is 56.8 Å². The molecule has 5 rings (SSSR count). The van der Waals surface area contributed by atoms with Crippen LogP contribution in [0.1, 0.15) is 72.1 Å². The van der Waals surface area contributed by atoms with Crippen LogP contribution in [-0.4, -0.2) is 57.9 Å². The minimum atomic E-state index is -1.25. The second kappa shape index (κ2) is 9.13. The van der Waals surface area contributed by atoms with Crippen molar-refractivity contribution in [3.05, 3.63) is 0 Å². The average molecular weight is 470 g/mol. The third kappa shape index (κ3) is 4.50. The molecule has 0 aromatic heterocycles. The Kier molecular flexibility index (Phi) is 6.74. The summed E-state index contributed by atoms with van der Waals surface area (Å²) < 4.78 is 12.7. The molecule has 9 atom stereocenters. The Balaban J connectivity index is 1.43. The minimum absolute atomic E-state index is 0.0761. The number of hydrogen-bond donors (Lipinski definition) is 3. The van der Waals surface area contributed by atoms with Gasteiger partial charge in [0.1, 0.15) is 6.04 Å². The Hall–Kier alpha value is -1.75. The zero-order valence-corrected chi connectivity index (χ0v) is 19.5. The maximum atomic E-state index is 12.5. The Morgan fingerprint density at radius 1 is 1.06 bits per heavy atom. The van der Waals surface area contributed by atoms with Crippen LogP contribution in [0.25, 0.3) is 0 Å². The monoisotopic (exact) mass is 469 g/mol. The number of aliphatic carboxylic acids is 2. The van der Waals surface area contributed by atoms with E-state index in [4.69, 9.17) is 24.4 Å². The van der Waals surface area contributed by atoms with Gasteiger partial charge in [0.05, 0.1) is 6.10 Å². The van der Waals surface area contributed by atoms with Crippen LogP contribution in [0, 0.1) is 23.7 Å². The molecule has 3 N–H and O–H groups in total. The summed E-state index contributed by atoms with van der Waals surface area (Å²) in [5.41, 5.74) is -0.656. The van der Waals surface area contributed by atoms with Crippen molar-refractivity contribution in [3.8, 4) is 0 Å². The van der Waals surface area contributed by atoms with Crippen LogP contribution in [0.15, 0.2) is 0 Å². The van der Waals surface area contributed by atoms with Crippen molar-refractivity contribution in [1.82, 2.24) is 5.32 Å². The van der Waals surface area contributed by atoms with E-state index in [0.717, 1.165) is 25.7 Å². The van der Waals surface area contributed by atoms with E-state index in [9.17, 15) is 19.5 Å². The Morgan fingerprint density at radius 2 is 1.82 bits per heavy atom. The quantitative estimate of drug-likeness (QED) is 0.457. The lowest BCUT2D eigenvalue weighted by Crippen LogP contribution is -2.70. The Morgan fingerprint density at radius 3 is 2.52 bits per heavy atom. The second-order valence-electron chi connectivity index (χ2n) is 10.4. The number of carbonyl (C=O) groups excluding carboxylic acids is 1. The molecule has 5 aliphatic rings. The first-order valence-electron chi connectivity index (χ1n) is 12.0. The van der Waals surface area contributed by atoms with Gasteiger partial charge in [0.15, 0.2) is 11.9 Å². The highest BCUT2D eigenvalue weighted by Crippen LogP contribution is 2.60.